The summed E-state index contributed by atoms with van der Waals surface area (Å²) in [5.41, 5.74) is 0. The molecule has 1 heteroatoms. The van der Waals surface area contributed by atoms with E-state index in [1.54, 1.807) is 6.08 Å². The molecule has 0 aliphatic carbocycles. The van der Waals surface area contributed by atoms with Crippen molar-refractivity contribution in [3.63, 3.8) is 0 Å². The molecule has 0 bridgehead atoms. The van der Waals surface area contributed by atoms with Gasteiger partial charge in [0.25, 0.3) is 0 Å². The molecule has 0 saturated heterocycles. The van der Waals surface area contributed by atoms with Crippen molar-refractivity contribution in [3.8, 4) is 0 Å². The second kappa shape index (κ2) is 14.4. The smallest absolute Gasteiger partial charge is 0.0615 e. The summed E-state index contributed by atoms with van der Waals surface area (Å²) in [6.45, 7) is 2.40. The van der Waals surface area contributed by atoms with E-state index in [0.29, 0.717) is 0 Å². The van der Waals surface area contributed by atoms with Crippen LogP contribution in [0.1, 0.15) is 64.7 Å². The molecule has 16 heavy (non-hydrogen) atoms. The molecule has 0 heterocycles. The number of aliphatic hydroxyl groups is 1. The Hall–Kier alpha value is -0.560. The van der Waals surface area contributed by atoms with Gasteiger partial charge in [-0.2, -0.15) is 0 Å². The van der Waals surface area contributed by atoms with E-state index in [-0.39, 0.29) is 6.61 Å². The fourth-order valence-corrected chi connectivity index (χ4v) is 1.71. The lowest BCUT2D eigenvalue weighted by Crippen LogP contribution is -1.79. The van der Waals surface area contributed by atoms with Gasteiger partial charge in [0, 0.05) is 0 Å². The average molecular weight is 224 g/mol. The van der Waals surface area contributed by atoms with Crippen molar-refractivity contribution in [1.82, 2.24) is 0 Å². The van der Waals surface area contributed by atoms with Crippen LogP contribution in [0.15, 0.2) is 24.3 Å². The summed E-state index contributed by atoms with van der Waals surface area (Å²) in [5, 5.41) is 8.51. The molecule has 0 aromatic carbocycles. The van der Waals surface area contributed by atoms with Crippen molar-refractivity contribution >= 4 is 0 Å². The molecular weight excluding hydrogens is 196 g/mol. The molecule has 1 N–H and O–H groups in total. The predicted molar refractivity (Wildman–Crippen MR) is 72.6 cm³/mol. The van der Waals surface area contributed by atoms with Crippen molar-refractivity contribution in [1.29, 1.82) is 0 Å². The lowest BCUT2D eigenvalue weighted by molar-refractivity contribution is 0.343. The van der Waals surface area contributed by atoms with Crippen LogP contribution in [0.2, 0.25) is 0 Å². The van der Waals surface area contributed by atoms with Gasteiger partial charge in [-0.15, -0.1) is 0 Å². The van der Waals surface area contributed by atoms with Crippen LogP contribution in [0.5, 0.6) is 0 Å². The molecule has 0 radical (unpaired) electrons. The standard InChI is InChI=1S/C15H28O/c1-2-3-4-5-6-7-8-9-10-11-12-13-14-15-16/h11-14,16H,2-10,15H2,1H3. The van der Waals surface area contributed by atoms with Gasteiger partial charge >= 0.3 is 0 Å². The molecule has 1 nitrogen and oxygen atoms in total. The lowest BCUT2D eigenvalue weighted by atomic mass is 10.1. The van der Waals surface area contributed by atoms with Crippen LogP contribution in [-0.2, 0) is 0 Å². The minimum atomic E-state index is 0.141. The first-order valence-corrected chi connectivity index (χ1v) is 6.84. The van der Waals surface area contributed by atoms with Gasteiger partial charge in [-0.1, -0.05) is 76.2 Å². The normalized spacial score (nSPS) is 11.9. The van der Waals surface area contributed by atoms with Crippen LogP contribution >= 0.6 is 0 Å². The molecule has 0 fully saturated rings. The number of hydrogen-bond donors (Lipinski definition) is 1. The molecule has 0 aromatic rings. The first kappa shape index (κ1) is 15.4. The van der Waals surface area contributed by atoms with Gasteiger partial charge in [0.2, 0.25) is 0 Å². The summed E-state index contributed by atoms with van der Waals surface area (Å²) in [7, 11) is 0. The molecule has 0 atom stereocenters. The van der Waals surface area contributed by atoms with E-state index in [9.17, 15) is 0 Å². The molecule has 0 spiro atoms. The van der Waals surface area contributed by atoms with Gasteiger partial charge in [0.1, 0.15) is 0 Å². The zero-order valence-corrected chi connectivity index (χ0v) is 10.8. The second-order valence-corrected chi connectivity index (χ2v) is 4.30. The summed E-state index contributed by atoms with van der Waals surface area (Å²) >= 11 is 0. The van der Waals surface area contributed by atoms with E-state index in [4.69, 9.17) is 5.11 Å². The number of aliphatic hydroxyl groups excluding tert-OH is 1. The molecule has 0 unspecified atom stereocenters. The second-order valence-electron chi connectivity index (χ2n) is 4.30. The highest BCUT2D eigenvalue weighted by Crippen LogP contribution is 2.09. The molecule has 0 amide bonds. The zero-order valence-electron chi connectivity index (χ0n) is 10.8. The van der Waals surface area contributed by atoms with E-state index in [0.717, 1.165) is 0 Å². The Morgan fingerprint density at radius 1 is 0.750 bits per heavy atom. The van der Waals surface area contributed by atoms with Crippen LogP contribution in [0.4, 0.5) is 0 Å². The summed E-state index contributed by atoms with van der Waals surface area (Å²) in [6.07, 6.45) is 20.1. The van der Waals surface area contributed by atoms with Gasteiger partial charge in [0.15, 0.2) is 0 Å². The summed E-state index contributed by atoms with van der Waals surface area (Å²) in [4.78, 5) is 0. The Morgan fingerprint density at radius 2 is 1.31 bits per heavy atom. The average Bonchev–Trinajstić information content (AvgIpc) is 2.31. The third kappa shape index (κ3) is 13.4. The quantitative estimate of drug-likeness (QED) is 0.401. The lowest BCUT2D eigenvalue weighted by Gasteiger charge is -1.99. The fraction of sp³-hybridized carbons (Fsp3) is 0.733. The van der Waals surface area contributed by atoms with E-state index in [1.165, 1.54) is 57.8 Å². The van der Waals surface area contributed by atoms with Crippen LogP contribution in [0, 0.1) is 0 Å². The van der Waals surface area contributed by atoms with Crippen molar-refractivity contribution in [2.45, 2.75) is 64.7 Å². The van der Waals surface area contributed by atoms with E-state index >= 15 is 0 Å². The monoisotopic (exact) mass is 224 g/mol. The van der Waals surface area contributed by atoms with E-state index in [2.05, 4.69) is 13.0 Å². The van der Waals surface area contributed by atoms with Gasteiger partial charge in [0.05, 0.1) is 6.61 Å². The molecule has 0 rings (SSSR count). The third-order valence-corrected chi connectivity index (χ3v) is 2.71. The van der Waals surface area contributed by atoms with Crippen LogP contribution in [0.25, 0.3) is 0 Å². The summed E-state index contributed by atoms with van der Waals surface area (Å²) in [6, 6.07) is 0. The van der Waals surface area contributed by atoms with E-state index in [1.807, 2.05) is 12.2 Å². The highest BCUT2D eigenvalue weighted by Gasteiger charge is 1.89. The zero-order chi connectivity index (χ0) is 11.9. The maximum absolute atomic E-state index is 8.51. The predicted octanol–water partition coefficient (Wildman–Crippen LogP) is 4.62. The van der Waals surface area contributed by atoms with Crippen molar-refractivity contribution < 1.29 is 5.11 Å². The topological polar surface area (TPSA) is 20.2 Å². The van der Waals surface area contributed by atoms with Crippen molar-refractivity contribution in [2.24, 2.45) is 0 Å². The Kier molecular flexibility index (Phi) is 13.9. The highest BCUT2D eigenvalue weighted by molar-refractivity contribution is 5.02. The summed E-state index contributed by atoms with van der Waals surface area (Å²) < 4.78 is 0. The first-order chi connectivity index (χ1) is 7.91. The number of rotatable bonds is 11. The Bertz CT molecular complexity index is 170. The minimum absolute atomic E-state index is 0.141. The Labute approximate surface area is 101 Å². The minimum Gasteiger partial charge on any atom is -0.392 e. The fourth-order valence-electron chi connectivity index (χ4n) is 1.71. The van der Waals surface area contributed by atoms with Gasteiger partial charge in [-0.05, 0) is 12.8 Å². The third-order valence-electron chi connectivity index (χ3n) is 2.71. The molecule has 0 aliphatic rings. The van der Waals surface area contributed by atoms with Gasteiger partial charge < -0.3 is 5.11 Å². The van der Waals surface area contributed by atoms with Crippen molar-refractivity contribution in [3.05, 3.63) is 24.3 Å². The number of unbranched alkanes of at least 4 members (excludes halogenated alkanes) is 8. The molecule has 94 valence electrons. The highest BCUT2D eigenvalue weighted by atomic mass is 16.2. The summed E-state index contributed by atoms with van der Waals surface area (Å²) in [5.74, 6) is 0. The van der Waals surface area contributed by atoms with Crippen LogP contribution < -0.4 is 0 Å². The number of hydrogen-bond acceptors (Lipinski definition) is 1. The van der Waals surface area contributed by atoms with Gasteiger partial charge in [-0.25, -0.2) is 0 Å². The maximum atomic E-state index is 8.51. The molecule has 0 aliphatic heterocycles. The van der Waals surface area contributed by atoms with Crippen LogP contribution in [0.3, 0.4) is 0 Å². The molecular formula is C15H28O. The Morgan fingerprint density at radius 3 is 1.94 bits per heavy atom. The van der Waals surface area contributed by atoms with Crippen LogP contribution in [-0.4, -0.2) is 11.7 Å². The molecule has 0 aromatic heterocycles. The SMILES string of the molecule is CCCCCCCCCCC=CC=CCO. The van der Waals surface area contributed by atoms with Gasteiger partial charge in [-0.3, -0.25) is 0 Å². The molecule has 0 saturated carbocycles. The van der Waals surface area contributed by atoms with E-state index < -0.39 is 0 Å². The maximum Gasteiger partial charge on any atom is 0.0615 e. The van der Waals surface area contributed by atoms with Crippen molar-refractivity contribution in [2.75, 3.05) is 6.61 Å². The largest absolute Gasteiger partial charge is 0.392 e. The Balaban J connectivity index is 3.03. The number of allylic oxidation sites excluding steroid dienone is 3. The first-order valence-electron chi connectivity index (χ1n) is 6.84.